The second-order valence-electron chi connectivity index (χ2n) is 11.6. The highest BCUT2D eigenvalue weighted by atomic mass is 35.5. The number of carbonyl (C=O) groups is 2. The van der Waals surface area contributed by atoms with Crippen molar-refractivity contribution in [3.63, 3.8) is 0 Å². The summed E-state index contributed by atoms with van der Waals surface area (Å²) >= 11 is 12.8. The molecule has 0 aliphatic carbocycles. The van der Waals surface area contributed by atoms with Crippen LogP contribution in [0.3, 0.4) is 0 Å². The van der Waals surface area contributed by atoms with Crippen molar-refractivity contribution in [1.29, 1.82) is 0 Å². The van der Waals surface area contributed by atoms with Crippen molar-refractivity contribution in [2.75, 3.05) is 38.5 Å². The number of rotatable bonds is 3. The van der Waals surface area contributed by atoms with Crippen LogP contribution in [0.5, 0.6) is 0 Å². The van der Waals surface area contributed by atoms with Gasteiger partial charge in [0.1, 0.15) is 5.41 Å². The van der Waals surface area contributed by atoms with E-state index in [0.717, 1.165) is 24.2 Å². The third kappa shape index (κ3) is 4.32. The summed E-state index contributed by atoms with van der Waals surface area (Å²) in [5.74, 6) is -0.489. The minimum absolute atomic E-state index is 0.0408. The average molecular weight is 530 g/mol. The van der Waals surface area contributed by atoms with Crippen molar-refractivity contribution < 1.29 is 9.59 Å². The van der Waals surface area contributed by atoms with E-state index in [2.05, 4.69) is 43.4 Å². The fourth-order valence-corrected chi connectivity index (χ4v) is 6.70. The van der Waals surface area contributed by atoms with Crippen LogP contribution in [-0.4, -0.2) is 66.9 Å². The minimum Gasteiger partial charge on any atom is -0.339 e. The van der Waals surface area contributed by atoms with Crippen molar-refractivity contribution >= 4 is 40.7 Å². The SMILES string of the molecule is CN1CCN(C(=O)C2NC(CC(C)(C)C)C3(C(=O)Nc4cc(Cl)ccc43)C2c2cccc(Cl)c2)CC1. The van der Waals surface area contributed by atoms with Crippen LogP contribution in [0.4, 0.5) is 5.69 Å². The number of hydrogen-bond acceptors (Lipinski definition) is 4. The fourth-order valence-electron chi connectivity index (χ4n) is 6.33. The third-order valence-corrected chi connectivity index (χ3v) is 8.38. The van der Waals surface area contributed by atoms with Crippen molar-refractivity contribution in [2.45, 2.75) is 50.6 Å². The predicted octanol–water partition coefficient (Wildman–Crippen LogP) is 4.52. The van der Waals surface area contributed by atoms with Gasteiger partial charge in [0.05, 0.1) is 6.04 Å². The van der Waals surface area contributed by atoms with Crippen LogP contribution in [0.25, 0.3) is 0 Å². The molecule has 192 valence electrons. The maximum absolute atomic E-state index is 14.2. The van der Waals surface area contributed by atoms with Gasteiger partial charge in [-0.25, -0.2) is 0 Å². The average Bonchev–Trinajstić information content (AvgIpc) is 3.27. The minimum atomic E-state index is -0.981. The molecule has 2 amide bonds. The molecule has 8 heteroatoms. The zero-order valence-corrected chi connectivity index (χ0v) is 22.8. The van der Waals surface area contributed by atoms with Crippen molar-refractivity contribution in [1.82, 2.24) is 15.1 Å². The second-order valence-corrected chi connectivity index (χ2v) is 12.5. The number of likely N-dealkylation sites (N-methyl/N-ethyl adjacent to an activating group) is 1. The summed E-state index contributed by atoms with van der Waals surface area (Å²) in [6.07, 6.45) is 0.714. The Labute approximate surface area is 223 Å². The maximum atomic E-state index is 14.2. The monoisotopic (exact) mass is 528 g/mol. The maximum Gasteiger partial charge on any atom is 0.240 e. The summed E-state index contributed by atoms with van der Waals surface area (Å²) in [5.41, 5.74) is 1.43. The molecule has 3 heterocycles. The Morgan fingerprint density at radius 1 is 1.06 bits per heavy atom. The Morgan fingerprint density at radius 2 is 1.75 bits per heavy atom. The molecule has 2 saturated heterocycles. The molecule has 0 bridgehead atoms. The zero-order valence-electron chi connectivity index (χ0n) is 21.3. The molecule has 5 rings (SSSR count). The van der Waals surface area contributed by atoms with Gasteiger partial charge in [0.15, 0.2) is 0 Å². The smallest absolute Gasteiger partial charge is 0.240 e. The Morgan fingerprint density at radius 3 is 2.42 bits per heavy atom. The van der Waals surface area contributed by atoms with Gasteiger partial charge in [0.2, 0.25) is 11.8 Å². The van der Waals surface area contributed by atoms with Crippen LogP contribution in [0.15, 0.2) is 42.5 Å². The second kappa shape index (κ2) is 9.32. The lowest BCUT2D eigenvalue weighted by Gasteiger charge is -2.38. The Kier molecular flexibility index (Phi) is 6.61. The number of amides is 2. The normalized spacial score (nSPS) is 28.4. The van der Waals surface area contributed by atoms with E-state index in [1.807, 2.05) is 47.4 Å². The van der Waals surface area contributed by atoms with E-state index in [1.165, 1.54) is 0 Å². The number of piperazine rings is 1. The van der Waals surface area contributed by atoms with E-state index in [9.17, 15) is 9.59 Å². The predicted molar refractivity (Wildman–Crippen MR) is 145 cm³/mol. The molecular formula is C28H34Cl2N4O2. The van der Waals surface area contributed by atoms with Gasteiger partial charge in [-0.3, -0.25) is 9.59 Å². The van der Waals surface area contributed by atoms with Crippen LogP contribution in [0.1, 0.15) is 44.2 Å². The van der Waals surface area contributed by atoms with Crippen molar-refractivity contribution in [3.8, 4) is 0 Å². The first-order valence-corrected chi connectivity index (χ1v) is 13.4. The molecular weight excluding hydrogens is 495 g/mol. The summed E-state index contributed by atoms with van der Waals surface area (Å²) in [5, 5.41) is 7.97. The van der Waals surface area contributed by atoms with Gasteiger partial charge in [-0.2, -0.15) is 0 Å². The lowest BCUT2D eigenvalue weighted by Crippen LogP contribution is -2.53. The van der Waals surface area contributed by atoms with Crippen LogP contribution < -0.4 is 10.6 Å². The molecule has 36 heavy (non-hydrogen) atoms. The number of carbonyl (C=O) groups excluding carboxylic acids is 2. The topological polar surface area (TPSA) is 64.7 Å². The number of nitrogens with zero attached hydrogens (tertiary/aromatic N) is 2. The van der Waals surface area contributed by atoms with E-state index in [1.54, 1.807) is 0 Å². The van der Waals surface area contributed by atoms with Gasteiger partial charge in [0.25, 0.3) is 0 Å². The number of fused-ring (bicyclic) bond motifs is 2. The largest absolute Gasteiger partial charge is 0.339 e. The van der Waals surface area contributed by atoms with E-state index < -0.39 is 17.4 Å². The summed E-state index contributed by atoms with van der Waals surface area (Å²) < 4.78 is 0. The first kappa shape index (κ1) is 25.5. The fraction of sp³-hybridized carbons (Fsp3) is 0.500. The first-order valence-electron chi connectivity index (χ1n) is 12.6. The van der Waals surface area contributed by atoms with E-state index in [4.69, 9.17) is 23.2 Å². The molecule has 3 aliphatic heterocycles. The standard InChI is InChI=1S/C28H34Cl2N4O2/c1-27(2,3)16-22-28(20-9-8-19(30)15-21(20)31-26(28)36)23(17-6-5-7-18(29)14-17)24(32-22)25(35)34-12-10-33(4)11-13-34/h5-9,14-15,22-24,32H,10-13,16H2,1-4H3,(H,31,36). The highest BCUT2D eigenvalue weighted by Gasteiger charge is 2.66. The van der Waals surface area contributed by atoms with Crippen molar-refractivity contribution in [3.05, 3.63) is 63.6 Å². The zero-order chi connectivity index (χ0) is 25.8. The van der Waals surface area contributed by atoms with E-state index in [-0.39, 0.29) is 23.3 Å². The number of hydrogen-bond donors (Lipinski definition) is 2. The Hall–Kier alpha value is -2.12. The number of benzene rings is 2. The van der Waals surface area contributed by atoms with Crippen LogP contribution in [-0.2, 0) is 15.0 Å². The van der Waals surface area contributed by atoms with E-state index >= 15 is 0 Å². The van der Waals surface area contributed by atoms with E-state index in [0.29, 0.717) is 35.2 Å². The molecule has 4 atom stereocenters. The summed E-state index contributed by atoms with van der Waals surface area (Å²) in [6.45, 7) is 9.51. The van der Waals surface area contributed by atoms with Gasteiger partial charge in [-0.1, -0.05) is 62.2 Å². The Balaban J connectivity index is 1.70. The highest BCUT2D eigenvalue weighted by Crippen LogP contribution is 2.57. The molecule has 4 unspecified atom stereocenters. The molecule has 0 radical (unpaired) electrons. The van der Waals surface area contributed by atoms with Gasteiger partial charge < -0.3 is 20.4 Å². The van der Waals surface area contributed by atoms with Gasteiger partial charge >= 0.3 is 0 Å². The quantitative estimate of drug-likeness (QED) is 0.614. The summed E-state index contributed by atoms with van der Waals surface area (Å²) in [7, 11) is 2.07. The molecule has 0 saturated carbocycles. The number of anilines is 1. The number of nitrogens with one attached hydrogen (secondary N) is 2. The molecule has 3 aliphatic rings. The molecule has 2 N–H and O–H groups in total. The third-order valence-electron chi connectivity index (χ3n) is 7.91. The molecule has 2 aromatic carbocycles. The number of halogens is 2. The van der Waals surface area contributed by atoms with Crippen molar-refractivity contribution in [2.24, 2.45) is 5.41 Å². The summed E-state index contributed by atoms with van der Waals surface area (Å²) in [6, 6.07) is 12.4. The van der Waals surface area contributed by atoms with Gasteiger partial charge in [0, 0.05) is 53.9 Å². The molecule has 6 nitrogen and oxygen atoms in total. The molecule has 2 aromatic rings. The Bertz CT molecular complexity index is 1190. The first-order chi connectivity index (χ1) is 17.0. The summed E-state index contributed by atoms with van der Waals surface area (Å²) in [4.78, 5) is 32.5. The molecule has 1 spiro atoms. The lowest BCUT2D eigenvalue weighted by molar-refractivity contribution is -0.135. The van der Waals surface area contributed by atoms with Gasteiger partial charge in [-0.15, -0.1) is 0 Å². The van der Waals surface area contributed by atoms with Crippen LogP contribution >= 0.6 is 23.2 Å². The van der Waals surface area contributed by atoms with Gasteiger partial charge in [-0.05, 0) is 54.3 Å². The van der Waals surface area contributed by atoms with Crippen LogP contribution in [0.2, 0.25) is 10.0 Å². The lowest BCUT2D eigenvalue weighted by atomic mass is 9.62. The highest BCUT2D eigenvalue weighted by molar-refractivity contribution is 6.31. The molecule has 0 aromatic heterocycles. The molecule has 2 fully saturated rings. The van der Waals surface area contributed by atoms with Crippen LogP contribution in [0, 0.1) is 5.41 Å².